The summed E-state index contributed by atoms with van der Waals surface area (Å²) in [6.45, 7) is 6.65. The molecular weight excluding hydrogens is 423 g/mol. The molecule has 2 aromatic carbocycles. The summed E-state index contributed by atoms with van der Waals surface area (Å²) >= 11 is 13.2. The van der Waals surface area contributed by atoms with Gasteiger partial charge in [-0.15, -0.1) is 0 Å². The Morgan fingerprint density at radius 1 is 1.06 bits per heavy atom. The van der Waals surface area contributed by atoms with Gasteiger partial charge in [0.05, 0.1) is 11.5 Å². The van der Waals surface area contributed by atoms with Gasteiger partial charge in [0.15, 0.2) is 0 Å². The van der Waals surface area contributed by atoms with E-state index in [4.69, 9.17) is 23.2 Å². The van der Waals surface area contributed by atoms with Gasteiger partial charge in [-0.25, -0.2) is 0 Å². The third-order valence-corrected chi connectivity index (χ3v) is 7.66. The number of hydrogen-bond acceptors (Lipinski definition) is 2. The number of benzene rings is 2. The quantitative estimate of drug-likeness (QED) is 0.346. The Morgan fingerprint density at radius 3 is 2.29 bits per heavy atom. The van der Waals surface area contributed by atoms with E-state index in [0.29, 0.717) is 22.0 Å². The number of hydrogen-bond donors (Lipinski definition) is 0. The molecule has 2 aromatic rings. The summed E-state index contributed by atoms with van der Waals surface area (Å²) in [5, 5.41) is 11.7. The summed E-state index contributed by atoms with van der Waals surface area (Å²) < 4.78 is 0. The summed E-state index contributed by atoms with van der Waals surface area (Å²) in [5.74, 6) is 0.339. The summed E-state index contributed by atoms with van der Waals surface area (Å²) in [4.78, 5) is 2.57. The molecule has 0 amide bonds. The van der Waals surface area contributed by atoms with E-state index in [1.54, 1.807) is 0 Å². The van der Waals surface area contributed by atoms with Crippen molar-refractivity contribution in [1.29, 1.82) is 5.26 Å². The molecule has 31 heavy (non-hydrogen) atoms. The molecule has 1 fully saturated rings. The van der Waals surface area contributed by atoms with Crippen LogP contribution in [0.25, 0.3) is 0 Å². The van der Waals surface area contributed by atoms with Crippen LogP contribution < -0.4 is 0 Å². The van der Waals surface area contributed by atoms with E-state index in [1.807, 2.05) is 18.2 Å². The van der Waals surface area contributed by atoms with Crippen LogP contribution in [0, 0.1) is 17.2 Å². The molecule has 0 bridgehead atoms. The lowest BCUT2D eigenvalue weighted by Gasteiger charge is -2.43. The van der Waals surface area contributed by atoms with Crippen LogP contribution in [-0.2, 0) is 11.8 Å². The zero-order chi connectivity index (χ0) is 22.3. The Hall–Kier alpha value is -1.53. The van der Waals surface area contributed by atoms with Crippen molar-refractivity contribution in [3.63, 3.8) is 0 Å². The van der Waals surface area contributed by atoms with E-state index in [9.17, 15) is 5.26 Å². The maximum Gasteiger partial charge on any atom is 0.0879 e. The Morgan fingerprint density at radius 2 is 1.74 bits per heavy atom. The van der Waals surface area contributed by atoms with Gasteiger partial charge in [0.1, 0.15) is 0 Å². The second-order valence-electron chi connectivity index (χ2n) is 8.97. The van der Waals surface area contributed by atoms with Gasteiger partial charge >= 0.3 is 0 Å². The van der Waals surface area contributed by atoms with Crippen LogP contribution >= 0.6 is 23.2 Å². The van der Waals surface area contributed by atoms with E-state index in [2.05, 4.69) is 55.1 Å². The maximum absolute atomic E-state index is 10.4. The SMILES string of the molecule is CCCN(CCc1ccccc1)C(C)CCC(C#N)(c1c(Cl)cccc1Cl)C1CCC1. The molecular formula is C27H34Cl2N2. The molecule has 166 valence electrons. The molecule has 0 aliphatic heterocycles. The molecule has 2 unspecified atom stereocenters. The first-order valence-electron chi connectivity index (χ1n) is 11.7. The van der Waals surface area contributed by atoms with Crippen molar-refractivity contribution in [3.05, 3.63) is 69.7 Å². The van der Waals surface area contributed by atoms with E-state index < -0.39 is 5.41 Å². The largest absolute Gasteiger partial charge is 0.300 e. The summed E-state index contributed by atoms with van der Waals surface area (Å²) in [5.41, 5.74) is 1.63. The van der Waals surface area contributed by atoms with E-state index in [1.165, 1.54) is 12.0 Å². The van der Waals surface area contributed by atoms with Crippen molar-refractivity contribution >= 4 is 23.2 Å². The molecule has 1 aliphatic rings. The fourth-order valence-electron chi connectivity index (χ4n) is 4.94. The molecule has 0 radical (unpaired) electrons. The zero-order valence-corrected chi connectivity index (χ0v) is 20.3. The third kappa shape index (κ3) is 5.64. The Bertz CT molecular complexity index is 852. The first kappa shape index (κ1) is 24.1. The van der Waals surface area contributed by atoms with E-state index >= 15 is 0 Å². The molecule has 2 atom stereocenters. The van der Waals surface area contributed by atoms with Crippen LogP contribution in [-0.4, -0.2) is 24.0 Å². The standard InChI is InChI=1S/C27H34Cl2N2/c1-3-18-31(19-16-22-9-5-4-6-10-22)21(2)15-17-27(20-30,23-11-7-12-23)26-24(28)13-8-14-25(26)29/h4-6,8-10,13-14,21,23H,3,7,11-12,15-19H2,1-2H3. The minimum Gasteiger partial charge on any atom is -0.300 e. The monoisotopic (exact) mass is 456 g/mol. The van der Waals surface area contributed by atoms with Crippen molar-refractivity contribution in [3.8, 4) is 6.07 Å². The van der Waals surface area contributed by atoms with E-state index in [-0.39, 0.29) is 0 Å². The second kappa shape index (κ2) is 11.4. The lowest BCUT2D eigenvalue weighted by molar-refractivity contribution is 0.158. The molecule has 2 nitrogen and oxygen atoms in total. The van der Waals surface area contributed by atoms with Gasteiger partial charge in [-0.2, -0.15) is 5.26 Å². The third-order valence-electron chi connectivity index (χ3n) is 7.03. The van der Waals surface area contributed by atoms with E-state index in [0.717, 1.165) is 57.2 Å². The second-order valence-corrected chi connectivity index (χ2v) is 9.78. The number of rotatable bonds is 11. The average molecular weight is 457 g/mol. The summed E-state index contributed by atoms with van der Waals surface area (Å²) in [7, 11) is 0. The van der Waals surface area contributed by atoms with Crippen LogP contribution in [0.2, 0.25) is 10.0 Å². The molecule has 1 aliphatic carbocycles. The number of nitriles is 1. The predicted octanol–water partition coefficient (Wildman–Crippen LogP) is 7.68. The van der Waals surface area contributed by atoms with Crippen molar-refractivity contribution in [2.45, 2.75) is 70.3 Å². The minimum absolute atomic E-state index is 0.339. The number of nitrogens with zero attached hydrogens (tertiary/aromatic N) is 2. The van der Waals surface area contributed by atoms with Crippen molar-refractivity contribution < 1.29 is 0 Å². The predicted molar refractivity (Wildman–Crippen MR) is 132 cm³/mol. The highest BCUT2D eigenvalue weighted by Crippen LogP contribution is 2.51. The normalized spacial score (nSPS) is 17.0. The molecule has 1 saturated carbocycles. The molecule has 0 saturated heterocycles. The fourth-order valence-corrected chi connectivity index (χ4v) is 5.67. The van der Waals surface area contributed by atoms with Crippen molar-refractivity contribution in [1.82, 2.24) is 4.90 Å². The molecule has 0 aromatic heterocycles. The van der Waals surface area contributed by atoms with Gasteiger partial charge in [-0.1, -0.05) is 72.9 Å². The summed E-state index contributed by atoms with van der Waals surface area (Å²) in [6.07, 6.45) is 7.27. The van der Waals surface area contributed by atoms with Gasteiger partial charge in [0.25, 0.3) is 0 Å². The first-order valence-corrected chi connectivity index (χ1v) is 12.4. The molecule has 3 rings (SSSR count). The highest BCUT2D eigenvalue weighted by molar-refractivity contribution is 6.36. The number of halogens is 2. The Balaban J connectivity index is 1.76. The van der Waals surface area contributed by atoms with Gasteiger partial charge in [0.2, 0.25) is 0 Å². The zero-order valence-electron chi connectivity index (χ0n) is 18.8. The van der Waals surface area contributed by atoms with Crippen LogP contribution in [0.1, 0.15) is 63.5 Å². The Kier molecular flexibility index (Phi) is 8.85. The fraction of sp³-hybridized carbons (Fsp3) is 0.519. The van der Waals surface area contributed by atoms with Crippen molar-refractivity contribution in [2.24, 2.45) is 5.92 Å². The van der Waals surface area contributed by atoms with Gasteiger partial charge in [-0.3, -0.25) is 0 Å². The highest BCUT2D eigenvalue weighted by atomic mass is 35.5. The topological polar surface area (TPSA) is 27.0 Å². The highest BCUT2D eigenvalue weighted by Gasteiger charge is 2.46. The molecule has 0 heterocycles. The van der Waals surface area contributed by atoms with Gasteiger partial charge < -0.3 is 4.90 Å². The molecule has 0 N–H and O–H groups in total. The molecule has 0 spiro atoms. The first-order chi connectivity index (χ1) is 15.0. The lowest BCUT2D eigenvalue weighted by Crippen LogP contribution is -2.41. The Labute approximate surface area is 198 Å². The average Bonchev–Trinajstić information content (AvgIpc) is 2.73. The van der Waals surface area contributed by atoms with Gasteiger partial charge in [-0.05, 0) is 75.6 Å². The van der Waals surface area contributed by atoms with Crippen LogP contribution in [0.4, 0.5) is 0 Å². The van der Waals surface area contributed by atoms with Crippen LogP contribution in [0.3, 0.4) is 0 Å². The van der Waals surface area contributed by atoms with Crippen LogP contribution in [0.5, 0.6) is 0 Å². The van der Waals surface area contributed by atoms with Gasteiger partial charge in [0, 0.05) is 28.2 Å². The van der Waals surface area contributed by atoms with Crippen molar-refractivity contribution in [2.75, 3.05) is 13.1 Å². The minimum atomic E-state index is -0.598. The lowest BCUT2D eigenvalue weighted by atomic mass is 9.60. The maximum atomic E-state index is 10.4. The summed E-state index contributed by atoms with van der Waals surface area (Å²) in [6, 6.07) is 19.4. The smallest absolute Gasteiger partial charge is 0.0879 e. The van der Waals surface area contributed by atoms with Crippen LogP contribution in [0.15, 0.2) is 48.5 Å². The molecule has 4 heteroatoms.